The Bertz CT molecular complexity index is 708. The standard InChI is InChI=1S/C19H27N5O2/c1-13(15-3-4-15)24(16-5-6-16)12-18(25)22-7-9-23(10-8-22)19-17(11-20)21-14(2)26-19/h13,15-16H,3-10,12H2,1-2H3. The van der Waals surface area contributed by atoms with Gasteiger partial charge in [-0.3, -0.25) is 9.69 Å². The molecule has 0 aromatic carbocycles. The maximum Gasteiger partial charge on any atom is 0.236 e. The van der Waals surface area contributed by atoms with Gasteiger partial charge in [-0.25, -0.2) is 4.98 Å². The van der Waals surface area contributed by atoms with Crippen LogP contribution in [-0.2, 0) is 4.79 Å². The van der Waals surface area contributed by atoms with Crippen LogP contribution >= 0.6 is 0 Å². The third-order valence-corrected chi connectivity index (χ3v) is 5.90. The molecule has 3 aliphatic rings. The van der Waals surface area contributed by atoms with Gasteiger partial charge in [0.25, 0.3) is 0 Å². The van der Waals surface area contributed by atoms with E-state index in [0.717, 1.165) is 5.92 Å². The van der Waals surface area contributed by atoms with E-state index >= 15 is 0 Å². The zero-order valence-electron chi connectivity index (χ0n) is 15.6. The van der Waals surface area contributed by atoms with Gasteiger partial charge in [-0.2, -0.15) is 5.26 Å². The van der Waals surface area contributed by atoms with Gasteiger partial charge in [0.05, 0.1) is 6.54 Å². The van der Waals surface area contributed by atoms with Crippen molar-refractivity contribution in [2.75, 3.05) is 37.6 Å². The number of amides is 1. The number of aromatic nitrogens is 1. The molecule has 7 heteroatoms. The maximum absolute atomic E-state index is 12.8. The van der Waals surface area contributed by atoms with Gasteiger partial charge in [0.2, 0.25) is 17.5 Å². The number of hydrogen-bond acceptors (Lipinski definition) is 6. The Morgan fingerprint density at radius 1 is 1.31 bits per heavy atom. The number of nitriles is 1. The van der Waals surface area contributed by atoms with Crippen molar-refractivity contribution in [2.45, 2.75) is 51.6 Å². The number of hydrogen-bond donors (Lipinski definition) is 0. The number of anilines is 1. The van der Waals surface area contributed by atoms with Crippen LogP contribution in [0.25, 0.3) is 0 Å². The van der Waals surface area contributed by atoms with Crippen LogP contribution in [0.4, 0.5) is 5.88 Å². The zero-order valence-corrected chi connectivity index (χ0v) is 15.6. The van der Waals surface area contributed by atoms with Gasteiger partial charge in [-0.15, -0.1) is 0 Å². The minimum Gasteiger partial charge on any atom is -0.424 e. The third-order valence-electron chi connectivity index (χ3n) is 5.90. The van der Waals surface area contributed by atoms with Crippen LogP contribution in [0, 0.1) is 24.2 Å². The van der Waals surface area contributed by atoms with Gasteiger partial charge in [0, 0.05) is 45.2 Å². The second-order valence-electron chi connectivity index (χ2n) is 7.85. The molecule has 2 heterocycles. The topological polar surface area (TPSA) is 76.6 Å². The fourth-order valence-electron chi connectivity index (χ4n) is 3.98. The first kappa shape index (κ1) is 17.3. The summed E-state index contributed by atoms with van der Waals surface area (Å²) in [6.07, 6.45) is 5.10. The van der Waals surface area contributed by atoms with Crippen molar-refractivity contribution in [3.63, 3.8) is 0 Å². The van der Waals surface area contributed by atoms with Crippen molar-refractivity contribution < 1.29 is 9.21 Å². The predicted molar refractivity (Wildman–Crippen MR) is 96.7 cm³/mol. The number of aryl methyl sites for hydroxylation is 1. The molecule has 0 bridgehead atoms. The van der Waals surface area contributed by atoms with E-state index in [0.29, 0.717) is 62.3 Å². The van der Waals surface area contributed by atoms with Crippen molar-refractivity contribution in [1.82, 2.24) is 14.8 Å². The Balaban J connectivity index is 1.33. The molecule has 7 nitrogen and oxygen atoms in total. The summed E-state index contributed by atoms with van der Waals surface area (Å²) in [5.74, 6) is 2.07. The van der Waals surface area contributed by atoms with Crippen LogP contribution in [-0.4, -0.2) is 65.5 Å². The lowest BCUT2D eigenvalue weighted by Crippen LogP contribution is -2.52. The van der Waals surface area contributed by atoms with Crippen molar-refractivity contribution in [1.29, 1.82) is 5.26 Å². The average molecular weight is 357 g/mol. The van der Waals surface area contributed by atoms with E-state index in [1.165, 1.54) is 25.7 Å². The Labute approximate surface area is 154 Å². The Hall–Kier alpha value is -2.07. The fraction of sp³-hybridized carbons (Fsp3) is 0.737. The number of carbonyl (C=O) groups excluding carboxylic acids is 1. The molecule has 4 rings (SSSR count). The summed E-state index contributed by atoms with van der Waals surface area (Å²) < 4.78 is 5.59. The molecule has 0 N–H and O–H groups in total. The van der Waals surface area contributed by atoms with Crippen molar-refractivity contribution in [3.8, 4) is 6.07 Å². The van der Waals surface area contributed by atoms with E-state index in [9.17, 15) is 10.1 Å². The quantitative estimate of drug-likeness (QED) is 0.772. The molecule has 3 fully saturated rings. The van der Waals surface area contributed by atoms with E-state index in [1.807, 2.05) is 9.80 Å². The zero-order chi connectivity index (χ0) is 18.3. The summed E-state index contributed by atoms with van der Waals surface area (Å²) in [4.78, 5) is 23.4. The molecule has 1 saturated heterocycles. The number of rotatable bonds is 6. The molecule has 1 aromatic heterocycles. The highest BCUT2D eigenvalue weighted by atomic mass is 16.4. The SMILES string of the molecule is Cc1nc(C#N)c(N2CCN(C(=O)CN(C3CC3)C(C)C3CC3)CC2)o1. The molecule has 1 aliphatic heterocycles. The number of piperazine rings is 1. The lowest BCUT2D eigenvalue weighted by Gasteiger charge is -2.36. The highest BCUT2D eigenvalue weighted by Gasteiger charge is 2.40. The summed E-state index contributed by atoms with van der Waals surface area (Å²) in [6, 6.07) is 3.24. The maximum atomic E-state index is 12.8. The van der Waals surface area contributed by atoms with Gasteiger partial charge in [-0.05, 0) is 38.5 Å². The molecule has 1 unspecified atom stereocenters. The Morgan fingerprint density at radius 3 is 2.58 bits per heavy atom. The summed E-state index contributed by atoms with van der Waals surface area (Å²) in [5, 5.41) is 9.19. The number of oxazole rings is 1. The van der Waals surface area contributed by atoms with Crippen LogP contribution in [0.3, 0.4) is 0 Å². The smallest absolute Gasteiger partial charge is 0.236 e. The van der Waals surface area contributed by atoms with Crippen LogP contribution in [0.15, 0.2) is 4.42 Å². The minimum atomic E-state index is 0.235. The number of carbonyl (C=O) groups is 1. The van der Waals surface area contributed by atoms with Crippen LogP contribution < -0.4 is 4.90 Å². The molecule has 1 atom stereocenters. The van der Waals surface area contributed by atoms with Gasteiger partial charge in [0.1, 0.15) is 6.07 Å². The molecule has 0 radical (unpaired) electrons. The fourth-order valence-corrected chi connectivity index (χ4v) is 3.98. The van der Waals surface area contributed by atoms with E-state index in [2.05, 4.69) is 22.9 Å². The predicted octanol–water partition coefficient (Wildman–Crippen LogP) is 1.77. The largest absolute Gasteiger partial charge is 0.424 e. The average Bonchev–Trinajstić information content (AvgIpc) is 3.56. The first-order valence-corrected chi connectivity index (χ1v) is 9.73. The lowest BCUT2D eigenvalue weighted by atomic mass is 10.1. The highest BCUT2D eigenvalue weighted by Crippen LogP contribution is 2.39. The summed E-state index contributed by atoms with van der Waals surface area (Å²) in [6.45, 7) is 7.27. The normalized spacial score (nSPS) is 21.8. The molecule has 1 amide bonds. The second-order valence-corrected chi connectivity index (χ2v) is 7.85. The molecule has 26 heavy (non-hydrogen) atoms. The molecule has 2 saturated carbocycles. The van der Waals surface area contributed by atoms with Gasteiger partial charge < -0.3 is 14.2 Å². The molecule has 1 aromatic rings. The van der Waals surface area contributed by atoms with Gasteiger partial charge in [0.15, 0.2) is 5.89 Å². The summed E-state index contributed by atoms with van der Waals surface area (Å²) in [7, 11) is 0. The summed E-state index contributed by atoms with van der Waals surface area (Å²) in [5.41, 5.74) is 0.334. The highest BCUT2D eigenvalue weighted by molar-refractivity contribution is 5.78. The lowest BCUT2D eigenvalue weighted by molar-refractivity contribution is -0.133. The summed E-state index contributed by atoms with van der Waals surface area (Å²) >= 11 is 0. The van der Waals surface area contributed by atoms with Crippen LogP contribution in [0.2, 0.25) is 0 Å². The monoisotopic (exact) mass is 357 g/mol. The molecular formula is C19H27N5O2. The third kappa shape index (κ3) is 3.56. The molecule has 140 valence electrons. The van der Waals surface area contributed by atoms with Crippen molar-refractivity contribution in [2.24, 2.45) is 5.92 Å². The van der Waals surface area contributed by atoms with Crippen molar-refractivity contribution >= 4 is 11.8 Å². The van der Waals surface area contributed by atoms with E-state index in [1.54, 1.807) is 6.92 Å². The Kier molecular flexibility index (Phi) is 4.62. The second kappa shape index (κ2) is 6.92. The molecular weight excluding hydrogens is 330 g/mol. The number of nitrogens with zero attached hydrogens (tertiary/aromatic N) is 5. The van der Waals surface area contributed by atoms with Gasteiger partial charge in [-0.1, -0.05) is 0 Å². The van der Waals surface area contributed by atoms with Crippen LogP contribution in [0.1, 0.15) is 44.2 Å². The Morgan fingerprint density at radius 2 is 2.00 bits per heavy atom. The minimum absolute atomic E-state index is 0.235. The first-order chi connectivity index (χ1) is 12.6. The van der Waals surface area contributed by atoms with Crippen LogP contribution in [0.5, 0.6) is 0 Å². The molecule has 2 aliphatic carbocycles. The first-order valence-electron chi connectivity index (χ1n) is 9.73. The van der Waals surface area contributed by atoms with Gasteiger partial charge >= 0.3 is 0 Å². The molecule has 0 spiro atoms. The van der Waals surface area contributed by atoms with E-state index < -0.39 is 0 Å². The van der Waals surface area contributed by atoms with E-state index in [4.69, 9.17) is 4.42 Å². The van der Waals surface area contributed by atoms with E-state index in [-0.39, 0.29) is 5.91 Å². The van der Waals surface area contributed by atoms with Crippen molar-refractivity contribution in [3.05, 3.63) is 11.6 Å².